The summed E-state index contributed by atoms with van der Waals surface area (Å²) in [6.07, 6.45) is 3.67. The molecule has 2 aliphatic heterocycles. The smallest absolute Gasteiger partial charge is 0.236 e. The predicted octanol–water partition coefficient (Wildman–Crippen LogP) is 1.69. The van der Waals surface area contributed by atoms with E-state index in [1.165, 1.54) is 17.7 Å². The Hall–Kier alpha value is -2.51. The Balaban J connectivity index is 1.19. The van der Waals surface area contributed by atoms with Gasteiger partial charge in [-0.1, -0.05) is 0 Å². The maximum atomic E-state index is 13.1. The van der Waals surface area contributed by atoms with E-state index in [0.29, 0.717) is 6.54 Å². The fourth-order valence-electron chi connectivity index (χ4n) is 4.01. The predicted molar refractivity (Wildman–Crippen MR) is 111 cm³/mol. The van der Waals surface area contributed by atoms with Crippen LogP contribution in [0, 0.1) is 5.82 Å². The first-order valence-corrected chi connectivity index (χ1v) is 10.3. The Labute approximate surface area is 171 Å². The molecule has 2 aromatic rings. The molecule has 0 radical (unpaired) electrons. The number of carbonyl (C=O) groups excluding carboxylic acids is 1. The molecule has 0 N–H and O–H groups in total. The molecular weight excluding hydrogens is 369 g/mol. The minimum atomic E-state index is -0.219. The van der Waals surface area contributed by atoms with Gasteiger partial charge >= 0.3 is 0 Å². The summed E-state index contributed by atoms with van der Waals surface area (Å²) in [6, 6.07) is 10.7. The van der Waals surface area contributed by atoms with Gasteiger partial charge in [-0.05, 0) is 42.0 Å². The van der Waals surface area contributed by atoms with Gasteiger partial charge in [0, 0.05) is 77.0 Å². The van der Waals surface area contributed by atoms with Gasteiger partial charge in [0.1, 0.15) is 5.82 Å². The minimum Gasteiger partial charge on any atom is -0.368 e. The average Bonchev–Trinajstić information content (AvgIpc) is 2.76. The van der Waals surface area contributed by atoms with Crippen molar-refractivity contribution in [2.45, 2.75) is 6.54 Å². The molecule has 154 valence electrons. The standard InChI is InChI=1S/C22H28FN5O/c23-20-1-3-21(4-2-20)27-13-15-28(16-14-27)22(29)18-26-11-9-25(10-12-26)17-19-5-7-24-8-6-19/h1-8H,9-18H2. The van der Waals surface area contributed by atoms with Crippen LogP contribution >= 0.6 is 0 Å². The third kappa shape index (κ3) is 5.31. The van der Waals surface area contributed by atoms with Crippen molar-refractivity contribution >= 4 is 11.6 Å². The van der Waals surface area contributed by atoms with Gasteiger partial charge in [0.05, 0.1) is 6.54 Å². The Morgan fingerprint density at radius 1 is 0.828 bits per heavy atom. The van der Waals surface area contributed by atoms with Crippen molar-refractivity contribution in [3.8, 4) is 0 Å². The summed E-state index contributed by atoms with van der Waals surface area (Å²) < 4.78 is 13.1. The number of benzene rings is 1. The summed E-state index contributed by atoms with van der Waals surface area (Å²) in [5.74, 6) is -0.00484. The van der Waals surface area contributed by atoms with Crippen molar-refractivity contribution in [1.29, 1.82) is 0 Å². The van der Waals surface area contributed by atoms with E-state index in [2.05, 4.69) is 31.8 Å². The number of pyridine rings is 1. The molecule has 0 aliphatic carbocycles. The molecule has 7 heteroatoms. The van der Waals surface area contributed by atoms with Crippen molar-refractivity contribution < 1.29 is 9.18 Å². The number of carbonyl (C=O) groups is 1. The van der Waals surface area contributed by atoms with Gasteiger partial charge in [-0.3, -0.25) is 19.6 Å². The average molecular weight is 397 g/mol. The number of anilines is 1. The van der Waals surface area contributed by atoms with E-state index in [1.54, 1.807) is 12.1 Å². The lowest BCUT2D eigenvalue weighted by Crippen LogP contribution is -2.53. The van der Waals surface area contributed by atoms with Crippen LogP contribution in [0.4, 0.5) is 10.1 Å². The fourth-order valence-corrected chi connectivity index (χ4v) is 4.01. The Morgan fingerprint density at radius 2 is 1.45 bits per heavy atom. The molecule has 2 aliphatic rings. The quantitative estimate of drug-likeness (QED) is 0.768. The van der Waals surface area contributed by atoms with Crippen molar-refractivity contribution in [1.82, 2.24) is 19.7 Å². The van der Waals surface area contributed by atoms with E-state index >= 15 is 0 Å². The van der Waals surface area contributed by atoms with Crippen LogP contribution < -0.4 is 4.90 Å². The highest BCUT2D eigenvalue weighted by atomic mass is 19.1. The second kappa shape index (κ2) is 9.33. The molecule has 29 heavy (non-hydrogen) atoms. The van der Waals surface area contributed by atoms with Crippen LogP contribution in [0.25, 0.3) is 0 Å². The molecule has 4 rings (SSSR count). The number of hydrogen-bond acceptors (Lipinski definition) is 5. The monoisotopic (exact) mass is 397 g/mol. The molecule has 3 heterocycles. The van der Waals surface area contributed by atoms with E-state index < -0.39 is 0 Å². The second-order valence-electron chi connectivity index (χ2n) is 7.75. The molecule has 0 unspecified atom stereocenters. The first-order valence-electron chi connectivity index (χ1n) is 10.3. The van der Waals surface area contributed by atoms with Crippen molar-refractivity contribution in [3.05, 3.63) is 60.2 Å². The van der Waals surface area contributed by atoms with Crippen molar-refractivity contribution in [2.24, 2.45) is 0 Å². The van der Waals surface area contributed by atoms with Crippen LogP contribution in [0.3, 0.4) is 0 Å². The normalized spacial score (nSPS) is 18.8. The Morgan fingerprint density at radius 3 is 2.10 bits per heavy atom. The van der Waals surface area contributed by atoms with Crippen LogP contribution in [0.2, 0.25) is 0 Å². The molecular formula is C22H28FN5O. The number of amides is 1. The van der Waals surface area contributed by atoms with Gasteiger partial charge < -0.3 is 9.80 Å². The highest BCUT2D eigenvalue weighted by Crippen LogP contribution is 2.17. The highest BCUT2D eigenvalue weighted by molar-refractivity contribution is 5.78. The van der Waals surface area contributed by atoms with Crippen LogP contribution in [0.5, 0.6) is 0 Å². The molecule has 6 nitrogen and oxygen atoms in total. The number of halogens is 1. The van der Waals surface area contributed by atoms with E-state index in [9.17, 15) is 9.18 Å². The third-order valence-electron chi connectivity index (χ3n) is 5.80. The first kappa shape index (κ1) is 19.8. The molecule has 0 bridgehead atoms. The van der Waals surface area contributed by atoms with Crippen LogP contribution in [0.1, 0.15) is 5.56 Å². The summed E-state index contributed by atoms with van der Waals surface area (Å²) >= 11 is 0. The lowest BCUT2D eigenvalue weighted by molar-refractivity contribution is -0.133. The van der Waals surface area contributed by atoms with Crippen LogP contribution in [0.15, 0.2) is 48.8 Å². The fraction of sp³-hybridized carbons (Fsp3) is 0.455. The molecule has 0 spiro atoms. The van der Waals surface area contributed by atoms with Gasteiger partial charge in [0.15, 0.2) is 0 Å². The molecule has 2 saturated heterocycles. The van der Waals surface area contributed by atoms with Gasteiger partial charge in [-0.2, -0.15) is 0 Å². The lowest BCUT2D eigenvalue weighted by atomic mass is 10.2. The number of aromatic nitrogens is 1. The molecule has 1 aromatic heterocycles. The van der Waals surface area contributed by atoms with E-state index in [-0.39, 0.29) is 11.7 Å². The van der Waals surface area contributed by atoms with E-state index in [4.69, 9.17) is 0 Å². The van der Waals surface area contributed by atoms with Crippen molar-refractivity contribution in [2.75, 3.05) is 63.8 Å². The zero-order valence-corrected chi connectivity index (χ0v) is 16.7. The zero-order valence-electron chi connectivity index (χ0n) is 16.7. The third-order valence-corrected chi connectivity index (χ3v) is 5.80. The molecule has 1 aromatic carbocycles. The largest absolute Gasteiger partial charge is 0.368 e. The van der Waals surface area contributed by atoms with Gasteiger partial charge in [-0.15, -0.1) is 0 Å². The number of piperazine rings is 2. The summed E-state index contributed by atoms with van der Waals surface area (Å²) in [5, 5.41) is 0. The number of hydrogen-bond donors (Lipinski definition) is 0. The summed E-state index contributed by atoms with van der Waals surface area (Å²) in [6.45, 7) is 8.26. The highest BCUT2D eigenvalue weighted by Gasteiger charge is 2.25. The summed E-state index contributed by atoms with van der Waals surface area (Å²) in [7, 11) is 0. The molecule has 2 fully saturated rings. The molecule has 0 atom stereocenters. The topological polar surface area (TPSA) is 42.9 Å². The second-order valence-corrected chi connectivity index (χ2v) is 7.75. The summed E-state index contributed by atoms with van der Waals surface area (Å²) in [5.41, 5.74) is 2.30. The van der Waals surface area contributed by atoms with Gasteiger partial charge in [0.2, 0.25) is 5.91 Å². The molecule has 0 saturated carbocycles. The summed E-state index contributed by atoms with van der Waals surface area (Å²) in [4.78, 5) is 25.6. The number of rotatable bonds is 5. The van der Waals surface area contributed by atoms with Crippen molar-refractivity contribution in [3.63, 3.8) is 0 Å². The van der Waals surface area contributed by atoms with Crippen LogP contribution in [-0.4, -0.2) is 84.5 Å². The number of nitrogens with zero attached hydrogens (tertiary/aromatic N) is 5. The minimum absolute atomic E-state index is 0.214. The van der Waals surface area contributed by atoms with Crippen LogP contribution in [-0.2, 0) is 11.3 Å². The first-order chi connectivity index (χ1) is 14.2. The molecule has 1 amide bonds. The van der Waals surface area contributed by atoms with E-state index in [0.717, 1.165) is 64.6 Å². The maximum Gasteiger partial charge on any atom is 0.236 e. The van der Waals surface area contributed by atoms with Gasteiger partial charge in [0.25, 0.3) is 0 Å². The Kier molecular flexibility index (Phi) is 6.36. The Bertz CT molecular complexity index is 785. The maximum absolute atomic E-state index is 13.1. The SMILES string of the molecule is O=C(CN1CCN(Cc2ccncc2)CC1)N1CCN(c2ccc(F)cc2)CC1. The van der Waals surface area contributed by atoms with E-state index in [1.807, 2.05) is 17.3 Å². The lowest BCUT2D eigenvalue weighted by Gasteiger charge is -2.38. The zero-order chi connectivity index (χ0) is 20.1. The van der Waals surface area contributed by atoms with Gasteiger partial charge in [-0.25, -0.2) is 4.39 Å².